The van der Waals surface area contributed by atoms with E-state index in [1.54, 1.807) is 32.5 Å². The number of hydrogen-bond acceptors (Lipinski definition) is 6. The van der Waals surface area contributed by atoms with Gasteiger partial charge in [0.2, 0.25) is 5.91 Å². The van der Waals surface area contributed by atoms with Crippen molar-refractivity contribution in [2.45, 2.75) is 6.42 Å². The van der Waals surface area contributed by atoms with E-state index in [-0.39, 0.29) is 18.1 Å². The lowest BCUT2D eigenvalue weighted by Crippen LogP contribution is -2.49. The van der Waals surface area contributed by atoms with Crippen LogP contribution in [0.3, 0.4) is 0 Å². The van der Waals surface area contributed by atoms with Crippen LogP contribution in [0.2, 0.25) is 0 Å². The number of ether oxygens (including phenoxy) is 2. The molecule has 8 nitrogen and oxygen atoms in total. The van der Waals surface area contributed by atoms with Crippen molar-refractivity contribution in [2.75, 3.05) is 45.3 Å². The molecule has 1 saturated heterocycles. The Morgan fingerprint density at radius 3 is 2.30 bits per heavy atom. The van der Waals surface area contributed by atoms with Crippen molar-refractivity contribution >= 4 is 11.7 Å². The number of rotatable bonds is 7. The zero-order chi connectivity index (χ0) is 25.8. The van der Waals surface area contributed by atoms with Crippen LogP contribution < -0.4 is 14.4 Å². The molecule has 0 N–H and O–H groups in total. The van der Waals surface area contributed by atoms with Crippen LogP contribution in [0.25, 0.3) is 16.9 Å². The third kappa shape index (κ3) is 5.40. The summed E-state index contributed by atoms with van der Waals surface area (Å²) in [6.07, 6.45) is 3.73. The first-order chi connectivity index (χ1) is 18.0. The minimum absolute atomic E-state index is 0.00602. The third-order valence-corrected chi connectivity index (χ3v) is 6.49. The number of piperazine rings is 1. The van der Waals surface area contributed by atoms with Gasteiger partial charge in [-0.15, -0.1) is 0 Å². The summed E-state index contributed by atoms with van der Waals surface area (Å²) in [4.78, 5) is 26.6. The first-order valence-corrected chi connectivity index (χ1v) is 12.1. The van der Waals surface area contributed by atoms with Crippen LogP contribution in [-0.2, 0) is 11.2 Å². The lowest BCUT2D eigenvalue weighted by Gasteiger charge is -2.35. The van der Waals surface area contributed by atoms with Crippen molar-refractivity contribution in [1.82, 2.24) is 19.4 Å². The van der Waals surface area contributed by atoms with E-state index in [4.69, 9.17) is 14.5 Å². The molecule has 1 amide bonds. The van der Waals surface area contributed by atoms with E-state index in [1.807, 2.05) is 52.1 Å². The number of hydrogen-bond donors (Lipinski definition) is 0. The third-order valence-electron chi connectivity index (χ3n) is 6.49. The smallest absolute Gasteiger partial charge is 0.230 e. The minimum Gasteiger partial charge on any atom is -0.497 e. The van der Waals surface area contributed by atoms with E-state index in [1.165, 1.54) is 12.1 Å². The van der Waals surface area contributed by atoms with Crippen molar-refractivity contribution in [2.24, 2.45) is 0 Å². The number of imidazole rings is 1. The van der Waals surface area contributed by atoms with Gasteiger partial charge in [0.25, 0.3) is 0 Å². The topological polar surface area (TPSA) is 72.7 Å². The number of carbonyl (C=O) groups excluding carboxylic acids is 1. The molecule has 5 rings (SSSR count). The molecule has 0 radical (unpaired) electrons. The molecule has 37 heavy (non-hydrogen) atoms. The fourth-order valence-corrected chi connectivity index (χ4v) is 4.40. The van der Waals surface area contributed by atoms with Crippen LogP contribution in [0.1, 0.15) is 5.82 Å². The first-order valence-electron chi connectivity index (χ1n) is 12.1. The Kier molecular flexibility index (Phi) is 7.02. The van der Waals surface area contributed by atoms with E-state index in [0.29, 0.717) is 32.0 Å². The summed E-state index contributed by atoms with van der Waals surface area (Å²) in [5.41, 5.74) is 2.36. The molecule has 0 unspecified atom stereocenters. The van der Waals surface area contributed by atoms with E-state index in [2.05, 4.69) is 9.88 Å². The van der Waals surface area contributed by atoms with Crippen molar-refractivity contribution < 1.29 is 18.7 Å². The zero-order valence-electron chi connectivity index (χ0n) is 20.8. The predicted octanol–water partition coefficient (Wildman–Crippen LogP) is 3.98. The second-order valence-electron chi connectivity index (χ2n) is 8.72. The normalized spacial score (nSPS) is 13.5. The number of aromatic nitrogens is 3. The molecule has 1 aliphatic heterocycles. The molecule has 2 aromatic carbocycles. The molecule has 4 aromatic rings. The average molecular weight is 502 g/mol. The van der Waals surface area contributed by atoms with Gasteiger partial charge in [-0.1, -0.05) is 0 Å². The van der Waals surface area contributed by atoms with E-state index in [9.17, 15) is 9.18 Å². The second kappa shape index (κ2) is 10.7. The Morgan fingerprint density at radius 2 is 1.62 bits per heavy atom. The molecule has 0 spiro atoms. The summed E-state index contributed by atoms with van der Waals surface area (Å²) in [6, 6.07) is 17.5. The number of pyridine rings is 1. The van der Waals surface area contributed by atoms with Crippen LogP contribution in [0.4, 0.5) is 10.2 Å². The van der Waals surface area contributed by atoms with Gasteiger partial charge in [-0.25, -0.2) is 14.4 Å². The number of nitrogens with zero attached hydrogens (tertiary/aromatic N) is 5. The highest BCUT2D eigenvalue weighted by atomic mass is 19.1. The Balaban J connectivity index is 1.34. The molecule has 0 bridgehead atoms. The van der Waals surface area contributed by atoms with Crippen LogP contribution in [0.15, 0.2) is 73.1 Å². The monoisotopic (exact) mass is 501 g/mol. The van der Waals surface area contributed by atoms with Crippen molar-refractivity contribution in [3.8, 4) is 28.4 Å². The molecule has 0 aliphatic carbocycles. The summed E-state index contributed by atoms with van der Waals surface area (Å²) in [6.45, 7) is 2.52. The quantitative estimate of drug-likeness (QED) is 0.382. The van der Waals surface area contributed by atoms with Gasteiger partial charge in [-0.05, 0) is 54.6 Å². The predicted molar refractivity (Wildman–Crippen MR) is 139 cm³/mol. The van der Waals surface area contributed by atoms with E-state index in [0.717, 1.165) is 34.3 Å². The summed E-state index contributed by atoms with van der Waals surface area (Å²) < 4.78 is 26.0. The molecule has 3 heterocycles. The van der Waals surface area contributed by atoms with Gasteiger partial charge in [-0.2, -0.15) is 0 Å². The fraction of sp³-hybridized carbons (Fsp3) is 0.250. The second-order valence-corrected chi connectivity index (χ2v) is 8.72. The maximum Gasteiger partial charge on any atom is 0.230 e. The van der Waals surface area contributed by atoms with Gasteiger partial charge >= 0.3 is 0 Å². The Morgan fingerprint density at radius 1 is 0.919 bits per heavy atom. The van der Waals surface area contributed by atoms with Gasteiger partial charge in [0.15, 0.2) is 0 Å². The number of methoxy groups -OCH3 is 2. The van der Waals surface area contributed by atoms with Crippen LogP contribution in [0, 0.1) is 5.82 Å². The van der Waals surface area contributed by atoms with Crippen molar-refractivity contribution in [3.05, 3.63) is 84.7 Å². The van der Waals surface area contributed by atoms with Gasteiger partial charge in [0.1, 0.15) is 29.0 Å². The highest BCUT2D eigenvalue weighted by Gasteiger charge is 2.24. The van der Waals surface area contributed by atoms with Crippen molar-refractivity contribution in [1.29, 1.82) is 0 Å². The molecule has 1 fully saturated rings. The van der Waals surface area contributed by atoms with Gasteiger partial charge in [0.05, 0.1) is 26.3 Å². The number of amides is 1. The largest absolute Gasteiger partial charge is 0.497 e. The first kappa shape index (κ1) is 24.3. The number of anilines is 1. The molecule has 0 saturated carbocycles. The zero-order valence-corrected chi connectivity index (χ0v) is 20.8. The molecule has 2 aromatic heterocycles. The maximum absolute atomic E-state index is 13.6. The number of benzene rings is 2. The highest BCUT2D eigenvalue weighted by molar-refractivity contribution is 5.79. The lowest BCUT2D eigenvalue weighted by atomic mass is 10.1. The van der Waals surface area contributed by atoms with Gasteiger partial charge < -0.3 is 23.8 Å². The van der Waals surface area contributed by atoms with Crippen LogP contribution in [-0.4, -0.2) is 65.7 Å². The summed E-state index contributed by atoms with van der Waals surface area (Å²) >= 11 is 0. The molecule has 1 aliphatic rings. The Labute approximate surface area is 214 Å². The standard InChI is InChI=1S/C28H28FN5O3/c1-36-23-9-3-20(4-10-23)25-19-34(22-7-5-21(29)6-8-22)27(31-25)18-28(35)33-15-13-32(14-16-33)26-17-24(37-2)11-12-30-26/h3-12,17,19H,13-16,18H2,1-2H3. The van der Waals surface area contributed by atoms with E-state index >= 15 is 0 Å². The van der Waals surface area contributed by atoms with Gasteiger partial charge in [-0.3, -0.25) is 4.79 Å². The maximum atomic E-state index is 13.6. The number of halogens is 1. The molecule has 9 heteroatoms. The average Bonchev–Trinajstić information content (AvgIpc) is 3.37. The molecular formula is C28H28FN5O3. The summed E-state index contributed by atoms with van der Waals surface area (Å²) in [5.74, 6) is 2.61. The number of carbonyl (C=O) groups is 1. The van der Waals surface area contributed by atoms with Crippen molar-refractivity contribution in [3.63, 3.8) is 0 Å². The fourth-order valence-electron chi connectivity index (χ4n) is 4.40. The summed E-state index contributed by atoms with van der Waals surface area (Å²) in [5, 5.41) is 0. The summed E-state index contributed by atoms with van der Waals surface area (Å²) in [7, 11) is 3.25. The SMILES string of the molecule is COc1ccc(-c2cn(-c3ccc(F)cc3)c(CC(=O)N3CCN(c4cc(OC)ccn4)CC3)n2)cc1. The lowest BCUT2D eigenvalue weighted by molar-refractivity contribution is -0.130. The Bertz CT molecular complexity index is 1360. The molecular weight excluding hydrogens is 473 g/mol. The molecule has 190 valence electrons. The van der Waals surface area contributed by atoms with Crippen LogP contribution in [0.5, 0.6) is 11.5 Å². The van der Waals surface area contributed by atoms with Gasteiger partial charge in [0, 0.05) is 55.9 Å². The Hall–Kier alpha value is -4.40. The van der Waals surface area contributed by atoms with Crippen LogP contribution >= 0.6 is 0 Å². The molecule has 0 atom stereocenters. The highest BCUT2D eigenvalue weighted by Crippen LogP contribution is 2.25. The minimum atomic E-state index is -0.319. The van der Waals surface area contributed by atoms with E-state index < -0.39 is 0 Å².